The zero-order valence-electron chi connectivity index (χ0n) is 24.4. The van der Waals surface area contributed by atoms with Gasteiger partial charge in [-0.2, -0.15) is 17.5 Å². The van der Waals surface area contributed by atoms with Crippen LogP contribution >= 0.6 is 0 Å². The van der Waals surface area contributed by atoms with Crippen LogP contribution in [0.5, 0.6) is 5.75 Å². The number of amides is 3. The fraction of sp³-hybridized carbons (Fsp3) is 0.393. The van der Waals surface area contributed by atoms with Crippen molar-refractivity contribution in [3.8, 4) is 5.75 Å². The van der Waals surface area contributed by atoms with E-state index in [1.807, 2.05) is 0 Å². The maximum absolute atomic E-state index is 13.7. The molecule has 0 unspecified atom stereocenters. The maximum atomic E-state index is 13.7. The predicted octanol–water partition coefficient (Wildman–Crippen LogP) is 3.62. The molecule has 0 fully saturated rings. The molecule has 0 bridgehead atoms. The number of aliphatic hydroxyl groups excluding tert-OH is 1. The summed E-state index contributed by atoms with van der Waals surface area (Å²) in [6.07, 6.45) is -2.64. The molecule has 16 heteroatoms. The number of anilines is 2. The SMILES string of the molecule is C[C@H](CO)N1C[C@H](C)[C@H](CN(C)S(=O)(=O)c2cn(C)cn2)Oc2c(NC(=O)Nc3ccc(C(F)(F)F)cc3)cccc2C1=O. The van der Waals surface area contributed by atoms with Crippen LogP contribution in [0.15, 0.2) is 60.0 Å². The number of nitrogens with one attached hydrogen (secondary N) is 2. The number of hydrogen-bond acceptors (Lipinski definition) is 7. The molecule has 1 aliphatic heterocycles. The lowest BCUT2D eigenvalue weighted by atomic mass is 9.99. The van der Waals surface area contributed by atoms with Crippen molar-refractivity contribution in [1.29, 1.82) is 0 Å². The van der Waals surface area contributed by atoms with Gasteiger partial charge < -0.3 is 29.9 Å². The smallest absolute Gasteiger partial charge is 0.416 e. The summed E-state index contributed by atoms with van der Waals surface area (Å²) < 4.78 is 74.1. The summed E-state index contributed by atoms with van der Waals surface area (Å²) in [5.74, 6) is -0.958. The molecule has 1 aliphatic rings. The zero-order chi connectivity index (χ0) is 32.4. The Morgan fingerprint density at radius 1 is 1.20 bits per heavy atom. The van der Waals surface area contributed by atoms with E-state index in [0.29, 0.717) is 0 Å². The van der Waals surface area contributed by atoms with Crippen LogP contribution in [0.4, 0.5) is 29.3 Å². The monoisotopic (exact) mass is 638 g/mol. The Morgan fingerprint density at radius 2 is 1.89 bits per heavy atom. The second-order valence-electron chi connectivity index (χ2n) is 10.6. The molecule has 0 aliphatic carbocycles. The van der Waals surface area contributed by atoms with E-state index in [-0.39, 0.29) is 47.4 Å². The van der Waals surface area contributed by atoms with Gasteiger partial charge in [-0.15, -0.1) is 0 Å². The number of benzene rings is 2. The minimum Gasteiger partial charge on any atom is -0.486 e. The van der Waals surface area contributed by atoms with Gasteiger partial charge in [0.15, 0.2) is 10.8 Å². The van der Waals surface area contributed by atoms with Crippen LogP contribution in [0, 0.1) is 5.92 Å². The number of fused-ring (bicyclic) bond motifs is 1. The maximum Gasteiger partial charge on any atom is 0.416 e. The van der Waals surface area contributed by atoms with Crippen molar-refractivity contribution in [1.82, 2.24) is 18.8 Å². The molecule has 3 amide bonds. The van der Waals surface area contributed by atoms with Crippen LogP contribution in [-0.2, 0) is 23.2 Å². The lowest BCUT2D eigenvalue weighted by Crippen LogP contribution is -2.50. The molecule has 2 aromatic carbocycles. The number of alkyl halides is 3. The molecule has 0 radical (unpaired) electrons. The van der Waals surface area contributed by atoms with Gasteiger partial charge >= 0.3 is 12.2 Å². The normalized spacial score (nSPS) is 18.2. The Balaban J connectivity index is 1.65. The van der Waals surface area contributed by atoms with Gasteiger partial charge in [0.05, 0.1) is 42.3 Å². The minimum absolute atomic E-state index is 0.0320. The largest absolute Gasteiger partial charge is 0.486 e. The molecule has 3 atom stereocenters. The van der Waals surface area contributed by atoms with Crippen LogP contribution in [-0.4, -0.2) is 83.1 Å². The molecular formula is C28H33F3N6O6S. The van der Waals surface area contributed by atoms with Gasteiger partial charge in [0, 0.05) is 38.4 Å². The molecular weight excluding hydrogens is 605 g/mol. The Kier molecular flexibility index (Phi) is 9.56. The minimum atomic E-state index is -4.54. The molecule has 3 N–H and O–H groups in total. The van der Waals surface area contributed by atoms with Gasteiger partial charge in [0.2, 0.25) is 0 Å². The van der Waals surface area contributed by atoms with E-state index < -0.39 is 51.8 Å². The van der Waals surface area contributed by atoms with E-state index in [4.69, 9.17) is 4.74 Å². The van der Waals surface area contributed by atoms with E-state index in [1.54, 1.807) is 20.9 Å². The van der Waals surface area contributed by atoms with Crippen molar-refractivity contribution in [3.05, 3.63) is 66.1 Å². The van der Waals surface area contributed by atoms with Crippen molar-refractivity contribution in [2.24, 2.45) is 13.0 Å². The van der Waals surface area contributed by atoms with E-state index in [0.717, 1.165) is 28.6 Å². The number of carbonyl (C=O) groups is 2. The summed E-state index contributed by atoms with van der Waals surface area (Å²) in [5.41, 5.74) is -0.672. The number of hydrogen-bond donors (Lipinski definition) is 3. The van der Waals surface area contributed by atoms with Gasteiger partial charge in [0.25, 0.3) is 15.9 Å². The average molecular weight is 639 g/mol. The number of aliphatic hydroxyl groups is 1. The van der Waals surface area contributed by atoms with Gasteiger partial charge in [-0.3, -0.25) is 4.79 Å². The van der Waals surface area contributed by atoms with E-state index in [2.05, 4.69) is 15.6 Å². The quantitative estimate of drug-likeness (QED) is 0.342. The second-order valence-corrected chi connectivity index (χ2v) is 12.6. The number of para-hydroxylation sites is 1. The highest BCUT2D eigenvalue weighted by atomic mass is 32.2. The number of halogens is 3. The van der Waals surface area contributed by atoms with Crippen LogP contribution in [0.25, 0.3) is 0 Å². The molecule has 3 aromatic rings. The number of carbonyl (C=O) groups excluding carboxylic acids is 2. The van der Waals surface area contributed by atoms with Gasteiger partial charge in [-0.25, -0.2) is 18.2 Å². The van der Waals surface area contributed by atoms with Crippen LogP contribution < -0.4 is 15.4 Å². The first-order valence-electron chi connectivity index (χ1n) is 13.5. The van der Waals surface area contributed by atoms with Gasteiger partial charge in [-0.05, 0) is 43.3 Å². The fourth-order valence-corrected chi connectivity index (χ4v) is 5.76. The predicted molar refractivity (Wildman–Crippen MR) is 155 cm³/mol. The lowest BCUT2D eigenvalue weighted by Gasteiger charge is -2.38. The molecule has 0 spiro atoms. The number of aryl methyl sites for hydroxylation is 1. The molecule has 0 saturated heterocycles. The van der Waals surface area contributed by atoms with Gasteiger partial charge in [0.1, 0.15) is 6.10 Å². The first-order chi connectivity index (χ1) is 20.6. The van der Waals surface area contributed by atoms with Gasteiger partial charge in [-0.1, -0.05) is 13.0 Å². The summed E-state index contributed by atoms with van der Waals surface area (Å²) >= 11 is 0. The fourth-order valence-electron chi connectivity index (χ4n) is 4.62. The summed E-state index contributed by atoms with van der Waals surface area (Å²) in [6.45, 7) is 3.09. The summed E-state index contributed by atoms with van der Waals surface area (Å²) in [7, 11) is -0.996. The number of urea groups is 1. The summed E-state index contributed by atoms with van der Waals surface area (Å²) in [6, 6.07) is 6.89. The highest BCUT2D eigenvalue weighted by molar-refractivity contribution is 7.89. The van der Waals surface area contributed by atoms with E-state index >= 15 is 0 Å². The Bertz CT molecular complexity index is 1610. The molecule has 44 heavy (non-hydrogen) atoms. The lowest BCUT2D eigenvalue weighted by molar-refractivity contribution is -0.137. The third-order valence-corrected chi connectivity index (χ3v) is 8.91. The van der Waals surface area contributed by atoms with Crippen LogP contribution in [0.2, 0.25) is 0 Å². The van der Waals surface area contributed by atoms with Crippen LogP contribution in [0.3, 0.4) is 0 Å². The standard InChI is InChI=1S/C28H33F3N6O6S/c1-17-12-37(18(2)15-38)26(39)21-6-5-7-22(34-27(40)33-20-10-8-19(9-11-20)28(29,30)31)25(21)43-23(17)13-36(4)44(41,42)24-14-35(3)16-32-24/h5-11,14,16-18,23,38H,12-13,15H2,1-4H3,(H2,33,34,40)/t17-,18+,23-/m0/s1. The Hall–Kier alpha value is -4.15. The van der Waals surface area contributed by atoms with Crippen molar-refractivity contribution < 1.29 is 41.0 Å². The zero-order valence-corrected chi connectivity index (χ0v) is 25.2. The van der Waals surface area contributed by atoms with Crippen LogP contribution in [0.1, 0.15) is 29.8 Å². The summed E-state index contributed by atoms with van der Waals surface area (Å²) in [5, 5.41) is 14.7. The van der Waals surface area contributed by atoms with E-state index in [9.17, 15) is 36.3 Å². The first-order valence-corrected chi connectivity index (χ1v) is 15.0. The molecule has 0 saturated carbocycles. The number of likely N-dealkylation sites (N-methyl/N-ethyl adjacent to an activating group) is 1. The Morgan fingerprint density at radius 3 is 2.48 bits per heavy atom. The molecule has 1 aromatic heterocycles. The number of nitrogens with zero attached hydrogens (tertiary/aromatic N) is 4. The van der Waals surface area contributed by atoms with Crippen molar-refractivity contribution >= 4 is 33.3 Å². The van der Waals surface area contributed by atoms with E-state index in [1.165, 1.54) is 47.2 Å². The highest BCUT2D eigenvalue weighted by Crippen LogP contribution is 2.35. The topological polar surface area (TPSA) is 146 Å². The van der Waals surface area contributed by atoms with Crippen molar-refractivity contribution in [2.45, 2.75) is 37.2 Å². The average Bonchev–Trinajstić information content (AvgIpc) is 3.41. The third-order valence-electron chi connectivity index (χ3n) is 7.20. The molecule has 238 valence electrons. The highest BCUT2D eigenvalue weighted by Gasteiger charge is 2.37. The number of sulfonamides is 1. The third kappa shape index (κ3) is 7.14. The number of aromatic nitrogens is 2. The summed E-state index contributed by atoms with van der Waals surface area (Å²) in [4.78, 5) is 31.9. The molecule has 12 nitrogen and oxygen atoms in total. The molecule has 2 heterocycles. The van der Waals surface area contributed by atoms with Crippen molar-refractivity contribution in [2.75, 3.05) is 37.4 Å². The number of rotatable bonds is 8. The first kappa shape index (κ1) is 32.8. The number of ether oxygens (including phenoxy) is 1. The Labute approximate surface area is 252 Å². The molecule has 4 rings (SSSR count). The number of imidazole rings is 1. The van der Waals surface area contributed by atoms with Crippen molar-refractivity contribution in [3.63, 3.8) is 0 Å². The second kappa shape index (κ2) is 12.8.